The van der Waals surface area contributed by atoms with E-state index in [1.807, 2.05) is 0 Å². The minimum atomic E-state index is -5.00. The predicted octanol–water partition coefficient (Wildman–Crippen LogP) is -7.75. The third-order valence-electron chi connectivity index (χ3n) is 8.51. The van der Waals surface area contributed by atoms with Gasteiger partial charge in [-0.15, -0.1) is 0 Å². The van der Waals surface area contributed by atoms with Crippen molar-refractivity contribution in [3.05, 3.63) is 182 Å². The number of nitroso groups, excluding NO2 is 1. The molecule has 0 bridgehead atoms. The molecular formula is C38H27N8Na4O15S4+3. The second-order valence-electron chi connectivity index (χ2n) is 13.0. The van der Waals surface area contributed by atoms with Gasteiger partial charge in [-0.05, 0) is 96.2 Å². The summed E-state index contributed by atoms with van der Waals surface area (Å²) in [7, 11) is -19.1. The smallest absolute Gasteiger partial charge is 0.788 e. The second kappa shape index (κ2) is 25.9. The summed E-state index contributed by atoms with van der Waals surface area (Å²) >= 11 is 0. The third kappa shape index (κ3) is 17.4. The van der Waals surface area contributed by atoms with E-state index in [2.05, 4.69) is 25.5 Å². The van der Waals surface area contributed by atoms with Crippen molar-refractivity contribution < 1.29 is 185 Å². The van der Waals surface area contributed by atoms with Crippen molar-refractivity contribution in [3.8, 4) is 0 Å². The molecule has 4 aliphatic rings. The standard InChI is InChI=1S/C38H28N8O15S4.4Na/c47-44(34-17-21-36(22-18-34)63(53,54)55)41-29-9-15-33(16-10-29)46(49)43-31-6-4-26(38(24-31)65(59,60)61)2-1-25-3-5-30(23-37(25)64(56,57)58)42-45(48)32-13-7-27(8-14-32)39-40-28-11-19-35(20-12-28)62(50,51)52;;;;/h1-24H,(H4-,50,51,52,53,54,55,56,57,58,59,60,61);;;;/q;4*+1/p-1. The molecule has 2 aromatic rings. The number of hydrogen-bond acceptors (Lipinski definition) is 16. The molecule has 0 atom stereocenters. The number of nitrogens with zero attached hydrogens (tertiary/aromatic N) is 8. The van der Waals surface area contributed by atoms with Crippen LogP contribution in [-0.4, -0.2) is 100 Å². The molecule has 0 saturated carbocycles. The van der Waals surface area contributed by atoms with Crippen LogP contribution in [0.1, 0.15) is 0 Å². The molecule has 0 amide bonds. The van der Waals surface area contributed by atoms with E-state index >= 15 is 0 Å². The average molecular weight is 1060 g/mol. The fraction of sp³-hybridized carbons (Fsp3) is 0. The molecule has 23 nitrogen and oxygen atoms in total. The number of rotatable bonds is 10. The topological polar surface area (TPSA) is 360 Å². The van der Waals surface area contributed by atoms with Gasteiger partial charge in [0.2, 0.25) is 11.4 Å². The molecule has 0 heterocycles. The van der Waals surface area contributed by atoms with Crippen LogP contribution in [0, 0.1) is 15.3 Å². The molecule has 334 valence electrons. The van der Waals surface area contributed by atoms with Gasteiger partial charge in [0.25, 0.3) is 36.0 Å². The number of hydrazone groups is 2. The van der Waals surface area contributed by atoms with Crippen molar-refractivity contribution in [2.24, 2.45) is 25.5 Å². The molecule has 0 unspecified atom stereocenters. The molecule has 3 N–H and O–H groups in total. The van der Waals surface area contributed by atoms with Crippen molar-refractivity contribution in [1.82, 2.24) is 0 Å². The summed E-state index contributed by atoms with van der Waals surface area (Å²) < 4.78 is 134. The first-order valence-corrected chi connectivity index (χ1v) is 23.4. The van der Waals surface area contributed by atoms with E-state index in [0.29, 0.717) is 0 Å². The van der Waals surface area contributed by atoms with Gasteiger partial charge in [-0.3, -0.25) is 17.9 Å². The summed E-state index contributed by atoms with van der Waals surface area (Å²) in [6, 6.07) is 9.18. The fourth-order valence-corrected chi connectivity index (χ4v) is 7.75. The molecule has 2 aromatic carbocycles. The molecular weight excluding hydrogens is 1030 g/mol. The van der Waals surface area contributed by atoms with Crippen molar-refractivity contribution in [2.75, 3.05) is 0 Å². The van der Waals surface area contributed by atoms with E-state index in [4.69, 9.17) is 4.55 Å². The zero-order valence-corrected chi connectivity index (χ0v) is 47.6. The Balaban J connectivity index is 0.00000408. The maximum absolute atomic E-state index is 12.9. The van der Waals surface area contributed by atoms with Crippen LogP contribution in [0.25, 0.3) is 0 Å². The molecule has 6 rings (SSSR count). The minimum absolute atomic E-state index is 0. The van der Waals surface area contributed by atoms with Crippen LogP contribution in [0.4, 0.5) is 17.1 Å². The normalized spacial score (nSPS) is 18.2. The Bertz CT molecular complexity index is 3390. The first-order chi connectivity index (χ1) is 30.4. The third-order valence-corrected chi connectivity index (χ3v) is 12.1. The Morgan fingerprint density at radius 3 is 1.36 bits per heavy atom. The zero-order chi connectivity index (χ0) is 47.3. The minimum Gasteiger partial charge on any atom is -0.788 e. The van der Waals surface area contributed by atoms with Crippen molar-refractivity contribution in [1.29, 1.82) is 0 Å². The Hall–Kier alpha value is -3.34. The predicted molar refractivity (Wildman–Crippen MR) is 235 cm³/mol. The van der Waals surface area contributed by atoms with Gasteiger partial charge < -0.3 is 19.5 Å². The molecule has 0 spiro atoms. The fourth-order valence-electron chi connectivity index (χ4n) is 5.39. The van der Waals surface area contributed by atoms with E-state index in [0.717, 1.165) is 72.9 Å². The van der Waals surface area contributed by atoms with Crippen LogP contribution < -0.4 is 118 Å². The zero-order valence-electron chi connectivity index (χ0n) is 36.3. The summed E-state index contributed by atoms with van der Waals surface area (Å²) in [5, 5.41) is 44.5. The van der Waals surface area contributed by atoms with Gasteiger partial charge in [0.1, 0.15) is 26.9 Å². The first kappa shape index (κ1) is 61.8. The van der Waals surface area contributed by atoms with E-state index in [9.17, 15) is 63.0 Å². The summed E-state index contributed by atoms with van der Waals surface area (Å²) in [6.45, 7) is 0. The van der Waals surface area contributed by atoms with E-state index in [1.54, 1.807) is 0 Å². The number of hydrogen-bond donors (Lipinski definition) is 3. The largest absolute Gasteiger partial charge is 1.00 e. The molecule has 31 heteroatoms. The molecule has 0 aromatic heterocycles. The van der Waals surface area contributed by atoms with Crippen molar-refractivity contribution >= 4 is 90.9 Å². The second-order valence-corrected chi connectivity index (χ2v) is 18.6. The maximum Gasteiger partial charge on any atom is 1.00 e. The molecule has 0 saturated heterocycles. The van der Waals surface area contributed by atoms with E-state index < -0.39 is 60.0 Å². The molecule has 0 fully saturated rings. The molecule has 0 radical (unpaired) electrons. The van der Waals surface area contributed by atoms with Gasteiger partial charge in [0.15, 0.2) is 4.87 Å². The van der Waals surface area contributed by atoms with Gasteiger partial charge in [-0.2, -0.15) is 45.5 Å². The van der Waals surface area contributed by atoms with Gasteiger partial charge in [-0.1, -0.05) is 34.0 Å². The summed E-state index contributed by atoms with van der Waals surface area (Å²) in [6.07, 6.45) is 18.6. The quantitative estimate of drug-likeness (QED) is 0.0291. The first-order valence-electron chi connectivity index (χ1n) is 17.7. The van der Waals surface area contributed by atoms with Gasteiger partial charge >= 0.3 is 118 Å². The Labute approximate surface area is 482 Å². The van der Waals surface area contributed by atoms with Crippen LogP contribution in [-0.2, 0) is 40.4 Å². The Morgan fingerprint density at radius 1 is 0.507 bits per heavy atom. The van der Waals surface area contributed by atoms with Gasteiger partial charge in [-0.25, -0.2) is 0 Å². The SMILES string of the molecule is O=[N+](N=C1C=CC(=CC=C2C=CC(=N[N+]([O-])=C3C=CC(=NN=C4C=CC(=S(=O)([O-])[O-])C=C4)C=C3)C=C2S(=O)(=O)O)C(S(=O)(=O)O)=C1)c1ccc(N=[N+]([O-])c2ccc(S(=O)(=O)O)cc2)cc1.[Na+].[Na+].[Na+].[Na+]. The van der Waals surface area contributed by atoms with Gasteiger partial charge in [0.05, 0.1) is 26.3 Å². The summed E-state index contributed by atoms with van der Waals surface area (Å²) in [5.74, 6) is 0. The monoisotopic (exact) mass is 1060 g/mol. The van der Waals surface area contributed by atoms with Crippen molar-refractivity contribution in [3.63, 3.8) is 0 Å². The van der Waals surface area contributed by atoms with Crippen LogP contribution >= 0.6 is 0 Å². The molecule has 4 aliphatic carbocycles. The average Bonchev–Trinajstić information content (AvgIpc) is 3.24. The molecule has 69 heavy (non-hydrogen) atoms. The summed E-state index contributed by atoms with van der Waals surface area (Å²) in [5.41, 5.74) is -0.558. The Morgan fingerprint density at radius 2 is 0.928 bits per heavy atom. The summed E-state index contributed by atoms with van der Waals surface area (Å²) in [4.78, 5) is 10.9. The van der Waals surface area contributed by atoms with Crippen molar-refractivity contribution in [2.45, 2.75) is 4.90 Å². The van der Waals surface area contributed by atoms with E-state index in [1.165, 1.54) is 72.9 Å². The maximum atomic E-state index is 12.9. The van der Waals surface area contributed by atoms with Crippen LogP contribution in [0.15, 0.2) is 197 Å². The Kier molecular flexibility index (Phi) is 23.2. The van der Waals surface area contributed by atoms with E-state index in [-0.39, 0.29) is 190 Å². The van der Waals surface area contributed by atoms with Gasteiger partial charge in [0, 0.05) is 51.5 Å². The number of azo groups is 1. The number of benzene rings is 2. The number of allylic oxidation sites excluding steroid dienone is 18. The molecule has 0 aliphatic heterocycles. The van der Waals surface area contributed by atoms with Crippen LogP contribution in [0.2, 0.25) is 0 Å². The van der Waals surface area contributed by atoms with Crippen LogP contribution in [0.3, 0.4) is 0 Å². The van der Waals surface area contributed by atoms with Crippen LogP contribution in [0.5, 0.6) is 0 Å².